The van der Waals surface area contributed by atoms with Gasteiger partial charge in [-0.15, -0.1) is 0 Å². The lowest BCUT2D eigenvalue weighted by Crippen LogP contribution is -2.15. The predicted molar refractivity (Wildman–Crippen MR) is 107 cm³/mol. The maximum Gasteiger partial charge on any atom is 0.338 e. The van der Waals surface area contributed by atoms with E-state index in [0.29, 0.717) is 41.7 Å². The monoisotopic (exact) mass is 393 g/mol. The van der Waals surface area contributed by atoms with E-state index in [1.54, 1.807) is 18.2 Å². The summed E-state index contributed by atoms with van der Waals surface area (Å²) in [7, 11) is 0. The third-order valence-corrected chi connectivity index (χ3v) is 4.72. The Labute approximate surface area is 169 Å². The van der Waals surface area contributed by atoms with Gasteiger partial charge in [0.15, 0.2) is 17.3 Å². The molecule has 0 unspecified atom stereocenters. The highest BCUT2D eigenvalue weighted by atomic mass is 16.6. The van der Waals surface area contributed by atoms with Crippen LogP contribution in [0.1, 0.15) is 42.4 Å². The van der Waals surface area contributed by atoms with Crippen LogP contribution in [0.4, 0.5) is 0 Å². The molecule has 6 nitrogen and oxygen atoms in total. The van der Waals surface area contributed by atoms with E-state index in [4.69, 9.17) is 18.7 Å². The number of aromatic nitrogens is 1. The Morgan fingerprint density at radius 2 is 1.72 bits per heavy atom. The Kier molecular flexibility index (Phi) is 5.01. The molecule has 3 aromatic rings. The average molecular weight is 393 g/mol. The van der Waals surface area contributed by atoms with Crippen molar-refractivity contribution < 1.29 is 23.5 Å². The molecule has 0 amide bonds. The third-order valence-electron chi connectivity index (χ3n) is 4.72. The molecule has 0 saturated carbocycles. The number of hydrogen-bond donors (Lipinski definition) is 0. The van der Waals surface area contributed by atoms with Gasteiger partial charge in [0.1, 0.15) is 25.5 Å². The molecular weight excluding hydrogens is 370 g/mol. The Morgan fingerprint density at radius 1 is 1.00 bits per heavy atom. The molecule has 0 atom stereocenters. The quantitative estimate of drug-likeness (QED) is 0.595. The van der Waals surface area contributed by atoms with E-state index < -0.39 is 5.97 Å². The molecule has 2 aromatic carbocycles. The topological polar surface area (TPSA) is 70.8 Å². The van der Waals surface area contributed by atoms with E-state index in [9.17, 15) is 4.79 Å². The van der Waals surface area contributed by atoms with Gasteiger partial charge in [-0.05, 0) is 41.3 Å². The molecule has 6 heteroatoms. The summed E-state index contributed by atoms with van der Waals surface area (Å²) in [5.41, 5.74) is 3.06. The van der Waals surface area contributed by atoms with Crippen LogP contribution in [0.5, 0.6) is 11.5 Å². The van der Waals surface area contributed by atoms with Crippen LogP contribution >= 0.6 is 0 Å². The van der Waals surface area contributed by atoms with Gasteiger partial charge >= 0.3 is 5.97 Å². The number of hydrogen-bond acceptors (Lipinski definition) is 6. The van der Waals surface area contributed by atoms with E-state index in [1.165, 1.54) is 0 Å². The predicted octanol–water partition coefficient (Wildman–Crippen LogP) is 4.77. The molecular formula is C23H23NO5. The van der Waals surface area contributed by atoms with Gasteiger partial charge in [-0.1, -0.05) is 38.1 Å². The van der Waals surface area contributed by atoms with E-state index >= 15 is 0 Å². The zero-order valence-corrected chi connectivity index (χ0v) is 16.7. The molecule has 0 aliphatic carbocycles. The van der Waals surface area contributed by atoms with Gasteiger partial charge in [-0.2, -0.15) is 0 Å². The van der Waals surface area contributed by atoms with Crippen molar-refractivity contribution in [1.82, 2.24) is 5.16 Å². The summed E-state index contributed by atoms with van der Waals surface area (Å²) >= 11 is 0. The minimum atomic E-state index is -0.394. The van der Waals surface area contributed by atoms with Crippen molar-refractivity contribution in [3.8, 4) is 22.8 Å². The van der Waals surface area contributed by atoms with Gasteiger partial charge < -0.3 is 18.7 Å². The van der Waals surface area contributed by atoms with Crippen LogP contribution in [0.25, 0.3) is 11.3 Å². The van der Waals surface area contributed by atoms with Crippen molar-refractivity contribution in [1.29, 1.82) is 0 Å². The number of carbonyl (C=O) groups excluding carboxylic acids is 1. The molecule has 0 N–H and O–H groups in total. The normalized spacial score (nSPS) is 13.2. The van der Waals surface area contributed by atoms with Crippen LogP contribution in [0.3, 0.4) is 0 Å². The van der Waals surface area contributed by atoms with Gasteiger partial charge in [0.05, 0.1) is 5.56 Å². The van der Waals surface area contributed by atoms with Crippen LogP contribution in [-0.2, 0) is 16.8 Å². The zero-order valence-electron chi connectivity index (χ0n) is 16.7. The number of benzene rings is 2. The van der Waals surface area contributed by atoms with Crippen LogP contribution in [0, 0.1) is 0 Å². The van der Waals surface area contributed by atoms with Gasteiger partial charge in [-0.25, -0.2) is 4.79 Å². The summed E-state index contributed by atoms with van der Waals surface area (Å²) in [6.07, 6.45) is 0. The second kappa shape index (κ2) is 7.62. The van der Waals surface area contributed by atoms with E-state index in [0.717, 1.165) is 11.1 Å². The minimum absolute atomic E-state index is 0.0351. The molecule has 4 rings (SSSR count). The second-order valence-electron chi connectivity index (χ2n) is 7.94. The Morgan fingerprint density at radius 3 is 2.45 bits per heavy atom. The van der Waals surface area contributed by atoms with Crippen molar-refractivity contribution in [2.75, 3.05) is 13.2 Å². The molecule has 0 radical (unpaired) electrons. The molecule has 2 heterocycles. The first kappa shape index (κ1) is 19.1. The molecule has 0 bridgehead atoms. The van der Waals surface area contributed by atoms with Crippen molar-refractivity contribution in [3.63, 3.8) is 0 Å². The highest BCUT2D eigenvalue weighted by molar-refractivity contribution is 5.89. The maximum absolute atomic E-state index is 12.3. The molecule has 0 saturated heterocycles. The van der Waals surface area contributed by atoms with Gasteiger partial charge in [0, 0.05) is 11.6 Å². The first-order valence-corrected chi connectivity index (χ1v) is 9.53. The number of fused-ring (bicyclic) bond motifs is 1. The van der Waals surface area contributed by atoms with Crippen molar-refractivity contribution in [3.05, 3.63) is 65.4 Å². The van der Waals surface area contributed by atoms with Crippen molar-refractivity contribution >= 4 is 5.97 Å². The molecule has 0 spiro atoms. The summed E-state index contributed by atoms with van der Waals surface area (Å²) in [4.78, 5) is 12.3. The largest absolute Gasteiger partial charge is 0.486 e. The lowest BCUT2D eigenvalue weighted by Gasteiger charge is -2.18. The number of ether oxygens (including phenoxy) is 3. The fraction of sp³-hybridized carbons (Fsp3) is 0.304. The van der Waals surface area contributed by atoms with Crippen molar-refractivity contribution in [2.45, 2.75) is 32.8 Å². The maximum atomic E-state index is 12.3. The fourth-order valence-corrected chi connectivity index (χ4v) is 3.04. The Bertz CT molecular complexity index is 1010. The molecule has 29 heavy (non-hydrogen) atoms. The third kappa shape index (κ3) is 4.26. The number of rotatable bonds is 4. The Hall–Kier alpha value is -3.28. The summed E-state index contributed by atoms with van der Waals surface area (Å²) < 4.78 is 21.9. The standard InChI is InChI=1S/C23H23NO5/c1-23(2,3)17-7-4-15(5-8-17)22(25)28-14-18-13-20(29-24-18)16-6-9-19-21(12-16)27-11-10-26-19/h4-9,12-13H,10-11,14H2,1-3H3. The number of nitrogens with zero attached hydrogens (tertiary/aromatic N) is 1. The van der Waals surface area contributed by atoms with Crippen molar-refractivity contribution in [2.24, 2.45) is 0 Å². The average Bonchev–Trinajstić information content (AvgIpc) is 3.20. The highest BCUT2D eigenvalue weighted by Gasteiger charge is 2.17. The van der Waals surface area contributed by atoms with Crippen LogP contribution in [0.2, 0.25) is 0 Å². The number of esters is 1. The van der Waals surface area contributed by atoms with Gasteiger partial charge in [0.2, 0.25) is 0 Å². The fourth-order valence-electron chi connectivity index (χ4n) is 3.04. The highest BCUT2D eigenvalue weighted by Crippen LogP contribution is 2.34. The minimum Gasteiger partial charge on any atom is -0.486 e. The van der Waals surface area contributed by atoms with Crippen LogP contribution in [0.15, 0.2) is 53.1 Å². The van der Waals surface area contributed by atoms with Gasteiger partial charge in [-0.3, -0.25) is 0 Å². The summed E-state index contributed by atoms with van der Waals surface area (Å²) in [5, 5.41) is 3.99. The van der Waals surface area contributed by atoms with E-state index in [-0.39, 0.29) is 12.0 Å². The lowest BCUT2D eigenvalue weighted by molar-refractivity contribution is 0.0464. The lowest BCUT2D eigenvalue weighted by atomic mass is 9.87. The molecule has 0 fully saturated rings. The first-order valence-electron chi connectivity index (χ1n) is 9.53. The second-order valence-corrected chi connectivity index (χ2v) is 7.94. The van der Waals surface area contributed by atoms with Gasteiger partial charge in [0.25, 0.3) is 0 Å². The summed E-state index contributed by atoms with van der Waals surface area (Å²) in [6, 6.07) is 14.8. The zero-order chi connectivity index (χ0) is 20.4. The first-order chi connectivity index (χ1) is 13.9. The van der Waals surface area contributed by atoms with E-state index in [2.05, 4.69) is 25.9 Å². The SMILES string of the molecule is CC(C)(C)c1ccc(C(=O)OCc2cc(-c3ccc4c(c3)OCCO4)on2)cc1. The summed E-state index contributed by atoms with van der Waals surface area (Å²) in [5.74, 6) is 1.57. The molecule has 1 aliphatic rings. The van der Waals surface area contributed by atoms with Crippen LogP contribution < -0.4 is 9.47 Å². The summed E-state index contributed by atoms with van der Waals surface area (Å²) in [6.45, 7) is 7.49. The number of carbonyl (C=O) groups is 1. The molecule has 1 aliphatic heterocycles. The van der Waals surface area contributed by atoms with E-state index in [1.807, 2.05) is 30.3 Å². The van der Waals surface area contributed by atoms with Crippen LogP contribution in [-0.4, -0.2) is 24.3 Å². The smallest absolute Gasteiger partial charge is 0.338 e. The Balaban J connectivity index is 1.40. The molecule has 150 valence electrons. The molecule has 1 aromatic heterocycles.